The van der Waals surface area contributed by atoms with E-state index < -0.39 is 0 Å². The summed E-state index contributed by atoms with van der Waals surface area (Å²) in [5, 5.41) is 0. The van der Waals surface area contributed by atoms with Crippen LogP contribution in [0.5, 0.6) is 0 Å². The number of benzene rings is 1. The third kappa shape index (κ3) is 2.77. The van der Waals surface area contributed by atoms with E-state index in [1.54, 1.807) is 10.6 Å². The molecule has 0 radical (unpaired) electrons. The molecule has 1 heterocycles. The van der Waals surface area contributed by atoms with Gasteiger partial charge in [-0.3, -0.25) is 4.79 Å². The molecule has 0 aliphatic rings. The van der Waals surface area contributed by atoms with Crippen LogP contribution in [0.4, 0.5) is 5.69 Å². The molecule has 2 rings (SSSR count). The van der Waals surface area contributed by atoms with Crippen molar-refractivity contribution in [1.82, 2.24) is 4.57 Å². The summed E-state index contributed by atoms with van der Waals surface area (Å²) in [4.78, 5) is 12.3. The number of aromatic nitrogens is 1. The number of aryl methyl sites for hydroxylation is 2. The maximum absolute atomic E-state index is 12.3. The number of hydrogen-bond acceptors (Lipinski definition) is 2. The molecule has 0 amide bonds. The predicted molar refractivity (Wildman–Crippen MR) is 84.9 cm³/mol. The Morgan fingerprint density at radius 1 is 1.15 bits per heavy atom. The van der Waals surface area contributed by atoms with E-state index in [1.165, 1.54) is 11.1 Å². The first-order chi connectivity index (χ1) is 9.40. The highest BCUT2D eigenvalue weighted by Crippen LogP contribution is 2.24. The fourth-order valence-corrected chi connectivity index (χ4v) is 2.48. The number of nitrogen functional groups attached to an aromatic ring is 1. The number of pyridine rings is 1. The molecule has 20 heavy (non-hydrogen) atoms. The molecule has 1 aromatic heterocycles. The van der Waals surface area contributed by atoms with Gasteiger partial charge in [-0.15, -0.1) is 0 Å². The molecule has 0 atom stereocenters. The van der Waals surface area contributed by atoms with Gasteiger partial charge in [0.2, 0.25) is 0 Å². The lowest BCUT2D eigenvalue weighted by atomic mass is 10.0. The van der Waals surface area contributed by atoms with Crippen LogP contribution in [0, 0.1) is 19.8 Å². The van der Waals surface area contributed by atoms with Crippen molar-refractivity contribution in [3.05, 3.63) is 51.8 Å². The SMILES string of the molecule is Cc1ccc(-c2ccc(N)c(=O)n2CC(C)C)c(C)c1. The van der Waals surface area contributed by atoms with Crippen LogP contribution in [-0.2, 0) is 6.54 Å². The second kappa shape index (κ2) is 5.53. The molecule has 0 spiro atoms. The molecule has 1 aromatic carbocycles. The first kappa shape index (κ1) is 14.4. The van der Waals surface area contributed by atoms with Gasteiger partial charge in [-0.2, -0.15) is 0 Å². The Kier molecular flexibility index (Phi) is 3.98. The lowest BCUT2D eigenvalue weighted by Gasteiger charge is -2.17. The molecule has 0 saturated carbocycles. The third-order valence-corrected chi connectivity index (χ3v) is 3.41. The molecule has 0 fully saturated rings. The molecular formula is C17H22N2O. The molecular weight excluding hydrogens is 248 g/mol. The molecule has 2 aromatic rings. The Bertz CT molecular complexity index is 684. The van der Waals surface area contributed by atoms with Crippen LogP contribution >= 0.6 is 0 Å². The third-order valence-electron chi connectivity index (χ3n) is 3.41. The topological polar surface area (TPSA) is 48.0 Å². The highest BCUT2D eigenvalue weighted by atomic mass is 16.1. The summed E-state index contributed by atoms with van der Waals surface area (Å²) in [6.07, 6.45) is 0. The molecule has 0 bridgehead atoms. The summed E-state index contributed by atoms with van der Waals surface area (Å²) in [5.41, 5.74) is 10.4. The molecule has 3 nitrogen and oxygen atoms in total. The van der Waals surface area contributed by atoms with E-state index in [2.05, 4.69) is 45.9 Å². The van der Waals surface area contributed by atoms with E-state index in [-0.39, 0.29) is 5.56 Å². The van der Waals surface area contributed by atoms with Crippen molar-refractivity contribution in [1.29, 1.82) is 0 Å². The first-order valence-electron chi connectivity index (χ1n) is 6.97. The predicted octanol–water partition coefficient (Wildman–Crippen LogP) is 3.37. The molecule has 0 saturated heterocycles. The van der Waals surface area contributed by atoms with Crippen LogP contribution < -0.4 is 11.3 Å². The standard InChI is InChI=1S/C17H22N2O/c1-11(2)10-19-16(8-7-15(18)17(19)20)14-6-5-12(3)9-13(14)4/h5-9,11H,10,18H2,1-4H3. The van der Waals surface area contributed by atoms with Crippen molar-refractivity contribution < 1.29 is 0 Å². The van der Waals surface area contributed by atoms with Gasteiger partial charge in [-0.1, -0.05) is 37.6 Å². The van der Waals surface area contributed by atoms with Gasteiger partial charge in [0.05, 0.1) is 11.4 Å². The normalized spacial score (nSPS) is 11.1. The smallest absolute Gasteiger partial charge is 0.274 e. The van der Waals surface area contributed by atoms with Crippen LogP contribution in [0.1, 0.15) is 25.0 Å². The number of nitrogens with zero attached hydrogens (tertiary/aromatic N) is 1. The van der Waals surface area contributed by atoms with E-state index in [0.717, 1.165) is 11.3 Å². The quantitative estimate of drug-likeness (QED) is 0.929. The Labute approximate surface area is 120 Å². The molecule has 106 valence electrons. The van der Waals surface area contributed by atoms with E-state index in [0.29, 0.717) is 18.2 Å². The summed E-state index contributed by atoms with van der Waals surface area (Å²) in [6, 6.07) is 9.93. The highest BCUT2D eigenvalue weighted by Gasteiger charge is 2.12. The average Bonchev–Trinajstić information content (AvgIpc) is 2.36. The van der Waals surface area contributed by atoms with Crippen LogP contribution in [0.2, 0.25) is 0 Å². The number of anilines is 1. The summed E-state index contributed by atoms with van der Waals surface area (Å²) in [6.45, 7) is 9.01. The van der Waals surface area contributed by atoms with Gasteiger partial charge in [-0.25, -0.2) is 0 Å². The second-order valence-corrected chi connectivity index (χ2v) is 5.80. The first-order valence-corrected chi connectivity index (χ1v) is 6.97. The van der Waals surface area contributed by atoms with Gasteiger partial charge < -0.3 is 10.3 Å². The lowest BCUT2D eigenvalue weighted by Crippen LogP contribution is -2.26. The molecule has 2 N–H and O–H groups in total. The van der Waals surface area contributed by atoms with Gasteiger partial charge in [0.25, 0.3) is 5.56 Å². The number of nitrogens with two attached hydrogens (primary N) is 1. The van der Waals surface area contributed by atoms with Crippen molar-refractivity contribution in [2.24, 2.45) is 5.92 Å². The minimum absolute atomic E-state index is 0.101. The Hall–Kier alpha value is -2.03. The summed E-state index contributed by atoms with van der Waals surface area (Å²) >= 11 is 0. The maximum Gasteiger partial charge on any atom is 0.274 e. The zero-order chi connectivity index (χ0) is 14.9. The van der Waals surface area contributed by atoms with Crippen molar-refractivity contribution in [3.8, 4) is 11.3 Å². The van der Waals surface area contributed by atoms with Gasteiger partial charge in [0.1, 0.15) is 0 Å². The van der Waals surface area contributed by atoms with Crippen LogP contribution in [0.15, 0.2) is 35.1 Å². The van der Waals surface area contributed by atoms with Gasteiger partial charge in [-0.05, 0) is 37.5 Å². The Morgan fingerprint density at radius 2 is 1.85 bits per heavy atom. The zero-order valence-corrected chi connectivity index (χ0v) is 12.6. The molecule has 3 heteroatoms. The molecule has 0 unspecified atom stereocenters. The second-order valence-electron chi connectivity index (χ2n) is 5.80. The van der Waals surface area contributed by atoms with Crippen molar-refractivity contribution in [2.45, 2.75) is 34.2 Å². The largest absolute Gasteiger partial charge is 0.394 e. The summed E-state index contributed by atoms with van der Waals surface area (Å²) in [5.74, 6) is 0.388. The number of hydrogen-bond donors (Lipinski definition) is 1. The lowest BCUT2D eigenvalue weighted by molar-refractivity contribution is 0.516. The van der Waals surface area contributed by atoms with Crippen LogP contribution in [0.3, 0.4) is 0 Å². The van der Waals surface area contributed by atoms with Crippen molar-refractivity contribution in [2.75, 3.05) is 5.73 Å². The van der Waals surface area contributed by atoms with Gasteiger partial charge in [0, 0.05) is 12.1 Å². The zero-order valence-electron chi connectivity index (χ0n) is 12.6. The number of rotatable bonds is 3. The fourth-order valence-electron chi connectivity index (χ4n) is 2.48. The summed E-state index contributed by atoms with van der Waals surface area (Å²) in [7, 11) is 0. The Morgan fingerprint density at radius 3 is 2.45 bits per heavy atom. The minimum atomic E-state index is -0.101. The molecule has 0 aliphatic carbocycles. The fraction of sp³-hybridized carbons (Fsp3) is 0.353. The minimum Gasteiger partial charge on any atom is -0.394 e. The van der Waals surface area contributed by atoms with E-state index in [1.807, 2.05) is 6.07 Å². The highest BCUT2D eigenvalue weighted by molar-refractivity contribution is 5.65. The Balaban J connectivity index is 2.67. The molecule has 0 aliphatic heterocycles. The van der Waals surface area contributed by atoms with Crippen molar-refractivity contribution in [3.63, 3.8) is 0 Å². The van der Waals surface area contributed by atoms with Crippen LogP contribution in [0.25, 0.3) is 11.3 Å². The summed E-state index contributed by atoms with van der Waals surface area (Å²) < 4.78 is 1.79. The van der Waals surface area contributed by atoms with E-state index >= 15 is 0 Å². The van der Waals surface area contributed by atoms with E-state index in [9.17, 15) is 4.79 Å². The monoisotopic (exact) mass is 270 g/mol. The van der Waals surface area contributed by atoms with Crippen molar-refractivity contribution >= 4 is 5.69 Å². The van der Waals surface area contributed by atoms with E-state index in [4.69, 9.17) is 5.73 Å². The van der Waals surface area contributed by atoms with Crippen LogP contribution in [-0.4, -0.2) is 4.57 Å². The van der Waals surface area contributed by atoms with Gasteiger partial charge in [0.15, 0.2) is 0 Å². The van der Waals surface area contributed by atoms with Gasteiger partial charge >= 0.3 is 0 Å². The average molecular weight is 270 g/mol. The maximum atomic E-state index is 12.3.